The van der Waals surface area contributed by atoms with Crippen LogP contribution in [-0.4, -0.2) is 31.1 Å². The molecular weight excluding hydrogens is 378 g/mol. The number of rotatable bonds is 5. The number of hydrogen-bond donors (Lipinski definition) is 3. The summed E-state index contributed by atoms with van der Waals surface area (Å²) < 4.78 is 27.0. The lowest BCUT2D eigenvalue weighted by atomic mass is 10.1. The molecule has 3 amide bonds. The van der Waals surface area contributed by atoms with E-state index in [0.717, 1.165) is 11.6 Å². The van der Waals surface area contributed by atoms with Crippen LogP contribution in [0.15, 0.2) is 42.5 Å². The summed E-state index contributed by atoms with van der Waals surface area (Å²) in [4.78, 5) is 25.4. The van der Waals surface area contributed by atoms with Crippen molar-refractivity contribution in [2.75, 3.05) is 23.3 Å². The number of amides is 3. The van der Waals surface area contributed by atoms with E-state index in [2.05, 4.69) is 16.0 Å². The van der Waals surface area contributed by atoms with E-state index in [1.54, 1.807) is 17.0 Å². The minimum absolute atomic E-state index is 0.141. The molecule has 3 rings (SSSR count). The number of hydrogen-bond acceptors (Lipinski definition) is 3. The molecule has 1 fully saturated rings. The van der Waals surface area contributed by atoms with Crippen molar-refractivity contribution in [1.29, 1.82) is 0 Å². The number of anilines is 2. The van der Waals surface area contributed by atoms with Crippen LogP contribution < -0.4 is 20.9 Å². The predicted octanol–water partition coefficient (Wildman–Crippen LogP) is 3.56. The Bertz CT molecular complexity index is 906. The number of halogens is 2. The summed E-state index contributed by atoms with van der Waals surface area (Å²) in [6, 6.07) is 10.0. The highest BCUT2D eigenvalue weighted by molar-refractivity contribution is 5.88. The maximum Gasteiger partial charge on any atom is 0.315 e. The van der Waals surface area contributed by atoms with E-state index >= 15 is 0 Å². The van der Waals surface area contributed by atoms with Crippen LogP contribution >= 0.6 is 0 Å². The van der Waals surface area contributed by atoms with Crippen molar-refractivity contribution in [1.82, 2.24) is 10.6 Å². The van der Waals surface area contributed by atoms with Gasteiger partial charge >= 0.3 is 6.03 Å². The molecule has 2 atom stereocenters. The minimum atomic E-state index is -0.615. The monoisotopic (exact) mass is 402 g/mol. The third-order valence-corrected chi connectivity index (χ3v) is 4.83. The fourth-order valence-corrected chi connectivity index (χ4v) is 3.43. The molecule has 1 saturated heterocycles. The first-order chi connectivity index (χ1) is 13.8. The van der Waals surface area contributed by atoms with Crippen LogP contribution in [0.4, 0.5) is 25.0 Å². The van der Waals surface area contributed by atoms with Gasteiger partial charge in [0.2, 0.25) is 5.91 Å². The van der Waals surface area contributed by atoms with Crippen molar-refractivity contribution in [3.8, 4) is 0 Å². The highest BCUT2D eigenvalue weighted by atomic mass is 19.1. The van der Waals surface area contributed by atoms with Gasteiger partial charge in [0.15, 0.2) is 0 Å². The average molecular weight is 402 g/mol. The van der Waals surface area contributed by atoms with E-state index in [9.17, 15) is 18.4 Å². The lowest BCUT2D eigenvalue weighted by Crippen LogP contribution is -2.44. The van der Waals surface area contributed by atoms with E-state index in [1.165, 1.54) is 19.1 Å². The Morgan fingerprint density at radius 3 is 2.69 bits per heavy atom. The van der Waals surface area contributed by atoms with Gasteiger partial charge in [0.1, 0.15) is 11.6 Å². The molecule has 29 heavy (non-hydrogen) atoms. The highest BCUT2D eigenvalue weighted by Crippen LogP contribution is 2.24. The first-order valence-corrected chi connectivity index (χ1v) is 9.46. The molecule has 0 saturated carbocycles. The first kappa shape index (κ1) is 20.6. The van der Waals surface area contributed by atoms with E-state index in [4.69, 9.17) is 0 Å². The molecule has 1 aliphatic rings. The molecule has 2 aromatic rings. The molecule has 154 valence electrons. The van der Waals surface area contributed by atoms with E-state index in [0.29, 0.717) is 30.9 Å². The Morgan fingerprint density at radius 1 is 1.17 bits per heavy atom. The number of carbonyl (C=O) groups is 2. The zero-order chi connectivity index (χ0) is 21.0. The van der Waals surface area contributed by atoms with Crippen LogP contribution in [0.2, 0.25) is 0 Å². The molecule has 6 nitrogen and oxygen atoms in total. The molecule has 0 bridgehead atoms. The van der Waals surface area contributed by atoms with Crippen LogP contribution in [0.5, 0.6) is 0 Å². The summed E-state index contributed by atoms with van der Waals surface area (Å²) in [5.41, 5.74) is 1.85. The summed E-state index contributed by atoms with van der Waals surface area (Å²) in [7, 11) is 0. The van der Waals surface area contributed by atoms with Gasteiger partial charge in [-0.15, -0.1) is 0 Å². The second-order valence-electron chi connectivity index (χ2n) is 7.17. The third kappa shape index (κ3) is 5.43. The van der Waals surface area contributed by atoms with E-state index < -0.39 is 11.6 Å². The largest absolute Gasteiger partial charge is 0.367 e. The molecule has 0 aliphatic carbocycles. The number of urea groups is 1. The predicted molar refractivity (Wildman–Crippen MR) is 108 cm³/mol. The van der Waals surface area contributed by atoms with E-state index in [-0.39, 0.29) is 24.0 Å². The topological polar surface area (TPSA) is 73.5 Å². The van der Waals surface area contributed by atoms with Gasteiger partial charge < -0.3 is 20.9 Å². The summed E-state index contributed by atoms with van der Waals surface area (Å²) in [5.74, 6) is -1.39. The van der Waals surface area contributed by atoms with Gasteiger partial charge in [-0.25, -0.2) is 13.6 Å². The van der Waals surface area contributed by atoms with Crippen molar-refractivity contribution in [2.24, 2.45) is 0 Å². The van der Waals surface area contributed by atoms with Gasteiger partial charge in [0.25, 0.3) is 0 Å². The van der Waals surface area contributed by atoms with Gasteiger partial charge in [-0.2, -0.15) is 0 Å². The average Bonchev–Trinajstić information content (AvgIpc) is 3.09. The Kier molecular flexibility index (Phi) is 6.31. The Balaban J connectivity index is 1.54. The number of nitrogens with one attached hydrogen (secondary N) is 3. The molecule has 3 N–H and O–H groups in total. The molecule has 2 aromatic carbocycles. The highest BCUT2D eigenvalue weighted by Gasteiger charge is 2.26. The molecule has 1 aliphatic heterocycles. The minimum Gasteiger partial charge on any atom is -0.367 e. The number of carbonyl (C=O) groups excluding carboxylic acids is 2. The van der Waals surface area contributed by atoms with Crippen LogP contribution in [0, 0.1) is 11.6 Å². The summed E-state index contributed by atoms with van der Waals surface area (Å²) >= 11 is 0. The van der Waals surface area contributed by atoms with Crippen LogP contribution in [0.1, 0.15) is 31.9 Å². The van der Waals surface area contributed by atoms with Gasteiger partial charge in [-0.3, -0.25) is 4.79 Å². The molecule has 2 unspecified atom stereocenters. The van der Waals surface area contributed by atoms with Crippen molar-refractivity contribution in [3.63, 3.8) is 0 Å². The standard InChI is InChI=1S/C21H24F2N4O2/c1-13(15-4-3-5-17(10-15)25-14(2)28)24-21(29)26-18-8-9-27(12-18)20-7-6-16(22)11-19(20)23/h3-7,10-11,13,18H,8-9,12H2,1-2H3,(H,25,28)(H2,24,26,29). The van der Waals surface area contributed by atoms with Crippen molar-refractivity contribution in [2.45, 2.75) is 32.4 Å². The Morgan fingerprint density at radius 2 is 1.97 bits per heavy atom. The molecule has 0 aromatic heterocycles. The van der Waals surface area contributed by atoms with Crippen LogP contribution in [0.25, 0.3) is 0 Å². The molecule has 0 radical (unpaired) electrons. The SMILES string of the molecule is CC(=O)Nc1cccc(C(C)NC(=O)NC2CCN(c3ccc(F)cc3F)C2)c1. The zero-order valence-electron chi connectivity index (χ0n) is 16.3. The second kappa shape index (κ2) is 8.89. The molecule has 0 spiro atoms. The van der Waals surface area contributed by atoms with Gasteiger partial charge in [-0.05, 0) is 43.2 Å². The Hall–Kier alpha value is -3.16. The summed E-state index contributed by atoms with van der Waals surface area (Å²) in [6.45, 7) is 4.30. The van der Waals surface area contributed by atoms with Crippen molar-refractivity contribution < 1.29 is 18.4 Å². The zero-order valence-corrected chi connectivity index (χ0v) is 16.3. The number of benzene rings is 2. The van der Waals surface area contributed by atoms with Gasteiger partial charge in [0.05, 0.1) is 11.7 Å². The Labute approximate surface area is 168 Å². The maximum atomic E-state index is 14.0. The van der Waals surface area contributed by atoms with Crippen molar-refractivity contribution >= 4 is 23.3 Å². The van der Waals surface area contributed by atoms with Gasteiger partial charge in [-0.1, -0.05) is 12.1 Å². The van der Waals surface area contributed by atoms with E-state index in [1.807, 2.05) is 19.1 Å². The number of nitrogens with zero attached hydrogens (tertiary/aromatic N) is 1. The molecule has 8 heteroatoms. The fraction of sp³-hybridized carbons (Fsp3) is 0.333. The van der Waals surface area contributed by atoms with Crippen LogP contribution in [-0.2, 0) is 4.79 Å². The van der Waals surface area contributed by atoms with Crippen molar-refractivity contribution in [3.05, 3.63) is 59.7 Å². The van der Waals surface area contributed by atoms with Crippen LogP contribution in [0.3, 0.4) is 0 Å². The molecular formula is C21H24F2N4O2. The lowest BCUT2D eigenvalue weighted by Gasteiger charge is -2.21. The lowest BCUT2D eigenvalue weighted by molar-refractivity contribution is -0.114. The summed E-state index contributed by atoms with van der Waals surface area (Å²) in [6.07, 6.45) is 0.663. The first-order valence-electron chi connectivity index (χ1n) is 9.46. The quantitative estimate of drug-likeness (QED) is 0.716. The van der Waals surface area contributed by atoms with Gasteiger partial charge in [0, 0.05) is 37.8 Å². The smallest absolute Gasteiger partial charge is 0.315 e. The summed E-state index contributed by atoms with van der Waals surface area (Å²) in [5, 5.41) is 8.48. The fourth-order valence-electron chi connectivity index (χ4n) is 3.43. The maximum absolute atomic E-state index is 14.0. The molecule has 1 heterocycles. The second-order valence-corrected chi connectivity index (χ2v) is 7.17. The third-order valence-electron chi connectivity index (χ3n) is 4.83. The normalized spacial score (nSPS) is 17.0.